The number of rotatable bonds is 5. The Morgan fingerprint density at radius 2 is 1.88 bits per heavy atom. The van der Waals surface area contributed by atoms with E-state index in [-0.39, 0.29) is 17.8 Å². The molecule has 0 aliphatic carbocycles. The molecule has 2 atom stereocenters. The summed E-state index contributed by atoms with van der Waals surface area (Å²) in [5, 5.41) is 13.3. The first-order valence-electron chi connectivity index (χ1n) is 6.05. The Kier molecular flexibility index (Phi) is 4.66. The van der Waals surface area contributed by atoms with E-state index in [1.807, 2.05) is 26.8 Å². The van der Waals surface area contributed by atoms with Gasteiger partial charge in [-0.15, -0.1) is 0 Å². The number of benzene rings is 1. The highest BCUT2D eigenvalue weighted by atomic mass is 19.1. The summed E-state index contributed by atoms with van der Waals surface area (Å²) >= 11 is 0. The molecule has 0 amide bonds. The van der Waals surface area contributed by atoms with Crippen molar-refractivity contribution in [2.75, 3.05) is 6.54 Å². The molecular weight excluding hydrogens is 217 g/mol. The van der Waals surface area contributed by atoms with Crippen LogP contribution in [-0.4, -0.2) is 17.3 Å². The average molecular weight is 239 g/mol. The van der Waals surface area contributed by atoms with Crippen molar-refractivity contribution in [3.8, 4) is 0 Å². The van der Waals surface area contributed by atoms with Crippen LogP contribution >= 0.6 is 0 Å². The van der Waals surface area contributed by atoms with Gasteiger partial charge in [0.05, 0.1) is 5.60 Å². The summed E-state index contributed by atoms with van der Waals surface area (Å²) in [4.78, 5) is 0. The molecule has 0 aromatic heterocycles. The summed E-state index contributed by atoms with van der Waals surface area (Å²) in [7, 11) is 0. The predicted molar refractivity (Wildman–Crippen MR) is 68.3 cm³/mol. The van der Waals surface area contributed by atoms with Crippen LogP contribution in [-0.2, 0) is 0 Å². The standard InChI is InChI=1S/C14H22FNO/c1-10(2)14(4,17)9-16-11(3)12-7-5-6-8-13(12)15/h5-8,10-11,16-17H,9H2,1-4H3. The van der Waals surface area contributed by atoms with Crippen LogP contribution in [0.15, 0.2) is 24.3 Å². The lowest BCUT2D eigenvalue weighted by atomic mass is 9.92. The normalized spacial score (nSPS) is 16.9. The van der Waals surface area contributed by atoms with Crippen LogP contribution in [0.2, 0.25) is 0 Å². The maximum atomic E-state index is 13.5. The van der Waals surface area contributed by atoms with Gasteiger partial charge < -0.3 is 10.4 Å². The first kappa shape index (κ1) is 14.1. The zero-order valence-corrected chi connectivity index (χ0v) is 11.0. The largest absolute Gasteiger partial charge is 0.389 e. The monoisotopic (exact) mass is 239 g/mol. The molecule has 96 valence electrons. The summed E-state index contributed by atoms with van der Waals surface area (Å²) in [6, 6.07) is 6.60. The van der Waals surface area contributed by atoms with E-state index in [9.17, 15) is 9.50 Å². The molecule has 1 rings (SSSR count). The van der Waals surface area contributed by atoms with Crippen molar-refractivity contribution < 1.29 is 9.50 Å². The Morgan fingerprint density at radius 3 is 2.41 bits per heavy atom. The van der Waals surface area contributed by atoms with E-state index in [0.29, 0.717) is 12.1 Å². The topological polar surface area (TPSA) is 32.3 Å². The Balaban J connectivity index is 2.62. The fourth-order valence-corrected chi connectivity index (χ4v) is 1.50. The molecule has 0 aliphatic rings. The Hall–Kier alpha value is -0.930. The van der Waals surface area contributed by atoms with Crippen LogP contribution in [0.4, 0.5) is 4.39 Å². The molecule has 0 heterocycles. The molecule has 0 aliphatic heterocycles. The highest BCUT2D eigenvalue weighted by molar-refractivity contribution is 5.20. The van der Waals surface area contributed by atoms with Gasteiger partial charge in [-0.05, 0) is 25.8 Å². The second-order valence-corrected chi connectivity index (χ2v) is 5.14. The second kappa shape index (κ2) is 5.61. The average Bonchev–Trinajstić information content (AvgIpc) is 2.26. The third kappa shape index (κ3) is 3.79. The molecule has 0 saturated carbocycles. The van der Waals surface area contributed by atoms with Gasteiger partial charge in [0.15, 0.2) is 0 Å². The van der Waals surface area contributed by atoms with Crippen molar-refractivity contribution in [2.24, 2.45) is 5.92 Å². The second-order valence-electron chi connectivity index (χ2n) is 5.14. The van der Waals surface area contributed by atoms with Crippen molar-refractivity contribution in [3.05, 3.63) is 35.6 Å². The number of hydrogen-bond acceptors (Lipinski definition) is 2. The van der Waals surface area contributed by atoms with Crippen molar-refractivity contribution in [1.29, 1.82) is 0 Å². The van der Waals surface area contributed by atoms with E-state index < -0.39 is 5.60 Å². The van der Waals surface area contributed by atoms with E-state index >= 15 is 0 Å². The first-order chi connectivity index (χ1) is 7.84. The Bertz CT molecular complexity index is 363. The van der Waals surface area contributed by atoms with Gasteiger partial charge in [-0.1, -0.05) is 32.0 Å². The Labute approximate surface area is 103 Å². The van der Waals surface area contributed by atoms with Gasteiger partial charge >= 0.3 is 0 Å². The quantitative estimate of drug-likeness (QED) is 0.828. The molecule has 2 nitrogen and oxygen atoms in total. The molecule has 17 heavy (non-hydrogen) atoms. The minimum Gasteiger partial charge on any atom is -0.389 e. The lowest BCUT2D eigenvalue weighted by Gasteiger charge is -2.29. The molecule has 2 N–H and O–H groups in total. The van der Waals surface area contributed by atoms with E-state index in [0.717, 1.165) is 0 Å². The Morgan fingerprint density at radius 1 is 1.29 bits per heavy atom. The molecule has 3 heteroatoms. The van der Waals surface area contributed by atoms with Crippen molar-refractivity contribution in [3.63, 3.8) is 0 Å². The molecule has 0 saturated heterocycles. The van der Waals surface area contributed by atoms with Gasteiger partial charge in [0, 0.05) is 18.2 Å². The number of nitrogens with one attached hydrogen (secondary N) is 1. The highest BCUT2D eigenvalue weighted by Crippen LogP contribution is 2.19. The third-order valence-corrected chi connectivity index (χ3v) is 3.38. The van der Waals surface area contributed by atoms with Gasteiger partial charge in [-0.25, -0.2) is 4.39 Å². The SMILES string of the molecule is CC(NCC(C)(O)C(C)C)c1ccccc1F. The van der Waals surface area contributed by atoms with Gasteiger partial charge in [-0.3, -0.25) is 0 Å². The zero-order valence-electron chi connectivity index (χ0n) is 11.0. The number of aliphatic hydroxyl groups is 1. The van der Waals surface area contributed by atoms with Crippen LogP contribution in [0.25, 0.3) is 0 Å². The molecule has 0 spiro atoms. The van der Waals surface area contributed by atoms with E-state index in [1.54, 1.807) is 19.1 Å². The van der Waals surface area contributed by atoms with E-state index in [2.05, 4.69) is 5.32 Å². The minimum atomic E-state index is -0.778. The fourth-order valence-electron chi connectivity index (χ4n) is 1.50. The van der Waals surface area contributed by atoms with Crippen molar-refractivity contribution in [2.45, 2.75) is 39.3 Å². The van der Waals surface area contributed by atoms with Crippen LogP contribution in [0.3, 0.4) is 0 Å². The van der Waals surface area contributed by atoms with Gasteiger partial charge in [0.25, 0.3) is 0 Å². The molecule has 0 radical (unpaired) electrons. The molecule has 1 aromatic rings. The number of hydrogen-bond donors (Lipinski definition) is 2. The van der Waals surface area contributed by atoms with Crippen molar-refractivity contribution >= 4 is 0 Å². The van der Waals surface area contributed by atoms with Gasteiger partial charge in [0.2, 0.25) is 0 Å². The summed E-state index contributed by atoms with van der Waals surface area (Å²) in [5.41, 5.74) is -0.147. The maximum Gasteiger partial charge on any atom is 0.127 e. The minimum absolute atomic E-state index is 0.110. The first-order valence-corrected chi connectivity index (χ1v) is 6.05. The van der Waals surface area contributed by atoms with Gasteiger partial charge in [-0.2, -0.15) is 0 Å². The lowest BCUT2D eigenvalue weighted by Crippen LogP contribution is -2.43. The summed E-state index contributed by atoms with van der Waals surface area (Å²) in [6.45, 7) is 8.07. The van der Waals surface area contributed by atoms with E-state index in [1.165, 1.54) is 6.07 Å². The highest BCUT2D eigenvalue weighted by Gasteiger charge is 2.25. The summed E-state index contributed by atoms with van der Waals surface area (Å²) in [5.74, 6) is -0.0560. The summed E-state index contributed by atoms with van der Waals surface area (Å²) in [6.07, 6.45) is 0. The molecular formula is C14H22FNO. The number of halogens is 1. The van der Waals surface area contributed by atoms with Crippen LogP contribution in [0.5, 0.6) is 0 Å². The third-order valence-electron chi connectivity index (χ3n) is 3.38. The van der Waals surface area contributed by atoms with Crippen molar-refractivity contribution in [1.82, 2.24) is 5.32 Å². The summed E-state index contributed by atoms with van der Waals surface area (Å²) < 4.78 is 13.5. The van der Waals surface area contributed by atoms with E-state index in [4.69, 9.17) is 0 Å². The molecule has 0 fully saturated rings. The van der Waals surface area contributed by atoms with Crippen LogP contribution in [0, 0.1) is 11.7 Å². The molecule has 0 bridgehead atoms. The zero-order chi connectivity index (χ0) is 13.1. The predicted octanol–water partition coefficient (Wildman–Crippen LogP) is 2.88. The smallest absolute Gasteiger partial charge is 0.127 e. The van der Waals surface area contributed by atoms with Crippen LogP contribution in [0.1, 0.15) is 39.3 Å². The maximum absolute atomic E-state index is 13.5. The van der Waals surface area contributed by atoms with Gasteiger partial charge in [0.1, 0.15) is 5.82 Å². The molecule has 2 unspecified atom stereocenters. The van der Waals surface area contributed by atoms with Crippen LogP contribution < -0.4 is 5.32 Å². The molecule has 1 aromatic carbocycles. The fraction of sp³-hybridized carbons (Fsp3) is 0.571. The lowest BCUT2D eigenvalue weighted by molar-refractivity contribution is 0.0121.